The van der Waals surface area contributed by atoms with E-state index in [-0.39, 0.29) is 5.91 Å². The van der Waals surface area contributed by atoms with Crippen LogP contribution in [0.2, 0.25) is 0 Å². The van der Waals surface area contributed by atoms with E-state index in [0.717, 1.165) is 24.5 Å². The number of amides is 1. The molecule has 6 nitrogen and oxygen atoms in total. The third-order valence-electron chi connectivity index (χ3n) is 3.66. The Hall–Kier alpha value is -2.24. The molecule has 0 aromatic carbocycles. The van der Waals surface area contributed by atoms with Crippen molar-refractivity contribution < 1.29 is 4.79 Å². The average Bonchev–Trinajstić information content (AvgIpc) is 3.05. The number of carbonyl (C=O) groups excluding carboxylic acids is 1. The number of aryl methyl sites for hydroxylation is 2. The van der Waals surface area contributed by atoms with Crippen LogP contribution in [0.5, 0.6) is 0 Å². The molecule has 0 aliphatic carbocycles. The van der Waals surface area contributed by atoms with Crippen molar-refractivity contribution in [3.05, 3.63) is 42.0 Å². The number of imidazole rings is 1. The van der Waals surface area contributed by atoms with Gasteiger partial charge in [-0.25, -0.2) is 9.97 Å². The topological polar surface area (TPSA) is 63.9 Å². The largest absolute Gasteiger partial charge is 0.337 e. The van der Waals surface area contributed by atoms with E-state index < -0.39 is 0 Å². The van der Waals surface area contributed by atoms with Crippen molar-refractivity contribution in [1.82, 2.24) is 24.4 Å². The highest BCUT2D eigenvalue weighted by atomic mass is 16.2. The number of carbonyl (C=O) groups is 1. The van der Waals surface area contributed by atoms with Crippen LogP contribution in [-0.4, -0.2) is 43.4 Å². The van der Waals surface area contributed by atoms with Gasteiger partial charge in [-0.15, -0.1) is 0 Å². The van der Waals surface area contributed by atoms with E-state index in [9.17, 15) is 4.79 Å². The van der Waals surface area contributed by atoms with Gasteiger partial charge in [0.25, 0.3) is 5.91 Å². The third-order valence-corrected chi connectivity index (χ3v) is 3.66. The van der Waals surface area contributed by atoms with Crippen molar-refractivity contribution in [3.63, 3.8) is 0 Å². The van der Waals surface area contributed by atoms with E-state index in [1.54, 1.807) is 12.4 Å². The standard InChI is InChI=1S/C14H17N5O/c1-10-8-18(2)13(17-10)11-3-6-19(9-11)14(20)12-7-15-4-5-16-12/h4-5,7-8,11H,3,6,9H2,1-2H3/t11-/m0/s1. The van der Waals surface area contributed by atoms with Crippen LogP contribution in [0.1, 0.15) is 34.3 Å². The minimum Gasteiger partial charge on any atom is -0.337 e. The van der Waals surface area contributed by atoms with Gasteiger partial charge in [-0.1, -0.05) is 0 Å². The quantitative estimate of drug-likeness (QED) is 0.822. The average molecular weight is 271 g/mol. The molecule has 1 aliphatic rings. The summed E-state index contributed by atoms with van der Waals surface area (Å²) in [6, 6.07) is 0. The van der Waals surface area contributed by atoms with Crippen LogP contribution in [0.25, 0.3) is 0 Å². The van der Waals surface area contributed by atoms with Gasteiger partial charge in [0.05, 0.1) is 11.9 Å². The molecule has 3 heterocycles. The van der Waals surface area contributed by atoms with Crippen LogP contribution < -0.4 is 0 Å². The molecule has 1 saturated heterocycles. The molecule has 1 amide bonds. The Morgan fingerprint density at radius 3 is 2.90 bits per heavy atom. The summed E-state index contributed by atoms with van der Waals surface area (Å²) in [7, 11) is 2.00. The van der Waals surface area contributed by atoms with Gasteiger partial charge < -0.3 is 9.47 Å². The molecule has 20 heavy (non-hydrogen) atoms. The van der Waals surface area contributed by atoms with Gasteiger partial charge in [-0.2, -0.15) is 0 Å². The molecule has 2 aromatic rings. The molecule has 0 N–H and O–H groups in total. The van der Waals surface area contributed by atoms with Crippen molar-refractivity contribution in [2.24, 2.45) is 7.05 Å². The van der Waals surface area contributed by atoms with Crippen molar-refractivity contribution in [2.75, 3.05) is 13.1 Å². The van der Waals surface area contributed by atoms with E-state index in [0.29, 0.717) is 18.2 Å². The molecule has 2 aromatic heterocycles. The van der Waals surface area contributed by atoms with Crippen LogP contribution in [0.4, 0.5) is 0 Å². The van der Waals surface area contributed by atoms with Crippen LogP contribution in [0.15, 0.2) is 24.8 Å². The summed E-state index contributed by atoms with van der Waals surface area (Å²) in [5.41, 5.74) is 1.42. The predicted octanol–water partition coefficient (Wildman–Crippen LogP) is 1.15. The maximum Gasteiger partial charge on any atom is 0.274 e. The molecule has 1 atom stereocenters. The number of likely N-dealkylation sites (tertiary alicyclic amines) is 1. The highest BCUT2D eigenvalue weighted by Gasteiger charge is 2.30. The number of hydrogen-bond acceptors (Lipinski definition) is 4. The summed E-state index contributed by atoms with van der Waals surface area (Å²) in [5.74, 6) is 1.30. The number of rotatable bonds is 2. The summed E-state index contributed by atoms with van der Waals surface area (Å²) in [4.78, 5) is 26.7. The molecule has 0 saturated carbocycles. The second-order valence-corrected chi connectivity index (χ2v) is 5.18. The molecule has 1 fully saturated rings. The van der Waals surface area contributed by atoms with Crippen LogP contribution in [0, 0.1) is 6.92 Å². The summed E-state index contributed by atoms with van der Waals surface area (Å²) >= 11 is 0. The van der Waals surface area contributed by atoms with E-state index in [4.69, 9.17) is 0 Å². The lowest BCUT2D eigenvalue weighted by molar-refractivity contribution is 0.0784. The Bertz CT molecular complexity index is 622. The van der Waals surface area contributed by atoms with E-state index in [2.05, 4.69) is 19.5 Å². The SMILES string of the molecule is Cc1cn(C)c([C@H]2CCN(C(=O)c3cnccn3)C2)n1. The van der Waals surface area contributed by atoms with Crippen molar-refractivity contribution in [1.29, 1.82) is 0 Å². The van der Waals surface area contributed by atoms with E-state index in [1.165, 1.54) is 6.20 Å². The van der Waals surface area contributed by atoms with Gasteiger partial charge in [0.15, 0.2) is 0 Å². The molecular weight excluding hydrogens is 254 g/mol. The number of nitrogens with zero attached hydrogens (tertiary/aromatic N) is 5. The smallest absolute Gasteiger partial charge is 0.274 e. The molecule has 0 unspecified atom stereocenters. The van der Waals surface area contributed by atoms with Gasteiger partial charge in [0.2, 0.25) is 0 Å². The first-order valence-corrected chi connectivity index (χ1v) is 6.70. The van der Waals surface area contributed by atoms with Gasteiger partial charge in [0.1, 0.15) is 11.5 Å². The Balaban J connectivity index is 1.74. The molecule has 6 heteroatoms. The fourth-order valence-corrected chi connectivity index (χ4v) is 2.74. The Morgan fingerprint density at radius 2 is 2.25 bits per heavy atom. The lowest BCUT2D eigenvalue weighted by atomic mass is 10.1. The minimum absolute atomic E-state index is 0.0495. The first-order valence-electron chi connectivity index (χ1n) is 6.70. The second-order valence-electron chi connectivity index (χ2n) is 5.18. The molecular formula is C14H17N5O. The molecule has 3 rings (SSSR count). The normalized spacial score (nSPS) is 18.5. The van der Waals surface area contributed by atoms with E-state index >= 15 is 0 Å². The van der Waals surface area contributed by atoms with Gasteiger partial charge in [0, 0.05) is 44.6 Å². The molecule has 1 aliphatic heterocycles. The minimum atomic E-state index is -0.0495. The molecule has 0 bridgehead atoms. The fourth-order valence-electron chi connectivity index (χ4n) is 2.74. The lowest BCUT2D eigenvalue weighted by Gasteiger charge is -2.15. The summed E-state index contributed by atoms with van der Waals surface area (Å²) in [5, 5.41) is 0. The Labute approximate surface area is 117 Å². The summed E-state index contributed by atoms with van der Waals surface area (Å²) < 4.78 is 2.05. The Kier molecular flexibility index (Phi) is 3.22. The van der Waals surface area contributed by atoms with Crippen LogP contribution in [0.3, 0.4) is 0 Å². The maximum absolute atomic E-state index is 12.3. The van der Waals surface area contributed by atoms with Crippen LogP contribution >= 0.6 is 0 Å². The lowest BCUT2D eigenvalue weighted by Crippen LogP contribution is -2.29. The highest BCUT2D eigenvalue weighted by Crippen LogP contribution is 2.27. The summed E-state index contributed by atoms with van der Waals surface area (Å²) in [6.45, 7) is 3.42. The van der Waals surface area contributed by atoms with Gasteiger partial charge in [-0.05, 0) is 13.3 Å². The molecule has 104 valence electrons. The Morgan fingerprint density at radius 1 is 1.40 bits per heavy atom. The first kappa shape index (κ1) is 12.8. The number of aromatic nitrogens is 4. The summed E-state index contributed by atoms with van der Waals surface area (Å²) in [6.07, 6.45) is 7.59. The zero-order chi connectivity index (χ0) is 14.1. The zero-order valence-electron chi connectivity index (χ0n) is 11.7. The number of hydrogen-bond donors (Lipinski definition) is 0. The highest BCUT2D eigenvalue weighted by molar-refractivity contribution is 5.92. The van der Waals surface area contributed by atoms with Gasteiger partial charge >= 0.3 is 0 Å². The second kappa shape index (κ2) is 5.03. The monoisotopic (exact) mass is 271 g/mol. The maximum atomic E-state index is 12.3. The van der Waals surface area contributed by atoms with Gasteiger partial charge in [-0.3, -0.25) is 9.78 Å². The third kappa shape index (κ3) is 2.29. The molecule has 0 spiro atoms. The van der Waals surface area contributed by atoms with Crippen molar-refractivity contribution in [2.45, 2.75) is 19.3 Å². The van der Waals surface area contributed by atoms with Crippen LogP contribution in [-0.2, 0) is 7.05 Å². The van der Waals surface area contributed by atoms with Crippen molar-refractivity contribution >= 4 is 5.91 Å². The zero-order valence-corrected chi connectivity index (χ0v) is 11.7. The van der Waals surface area contributed by atoms with E-state index in [1.807, 2.05) is 25.1 Å². The predicted molar refractivity (Wildman–Crippen MR) is 73.2 cm³/mol. The first-order chi connectivity index (χ1) is 9.65. The van der Waals surface area contributed by atoms with Crippen molar-refractivity contribution in [3.8, 4) is 0 Å². The fraction of sp³-hybridized carbons (Fsp3) is 0.429. The molecule has 0 radical (unpaired) electrons.